The predicted molar refractivity (Wildman–Crippen MR) is 131 cm³/mol. The molecule has 2 heterocycles. The van der Waals surface area contributed by atoms with Gasteiger partial charge in [0.05, 0.1) is 18.4 Å². The van der Waals surface area contributed by atoms with E-state index < -0.39 is 0 Å². The molecule has 2 aromatic rings. The van der Waals surface area contributed by atoms with E-state index in [0.717, 1.165) is 17.7 Å². The fourth-order valence-corrected chi connectivity index (χ4v) is 4.72. The Morgan fingerprint density at radius 2 is 1.68 bits per heavy atom. The minimum atomic E-state index is -0.126. The average molecular weight is 484 g/mol. The summed E-state index contributed by atoms with van der Waals surface area (Å²) in [6, 6.07) is 12.8. The van der Waals surface area contributed by atoms with E-state index in [-0.39, 0.29) is 17.7 Å². The number of carbonyl (C=O) groups is 3. The van der Waals surface area contributed by atoms with Crippen LogP contribution in [0, 0.1) is 0 Å². The van der Waals surface area contributed by atoms with Crippen LogP contribution in [0.4, 0.5) is 5.69 Å². The summed E-state index contributed by atoms with van der Waals surface area (Å²) in [5.41, 5.74) is 2.16. The number of hydrogen-bond donors (Lipinski definition) is 0. The molecular formula is C26H30ClN3O4. The number of halogens is 1. The van der Waals surface area contributed by atoms with Gasteiger partial charge in [0.2, 0.25) is 11.8 Å². The van der Waals surface area contributed by atoms with E-state index in [2.05, 4.69) is 0 Å². The van der Waals surface area contributed by atoms with Gasteiger partial charge >= 0.3 is 0 Å². The monoisotopic (exact) mass is 483 g/mol. The van der Waals surface area contributed by atoms with Crippen molar-refractivity contribution in [2.45, 2.75) is 32.1 Å². The molecule has 4 rings (SSSR count). The molecule has 2 aliphatic heterocycles. The van der Waals surface area contributed by atoms with E-state index in [4.69, 9.17) is 16.3 Å². The zero-order valence-electron chi connectivity index (χ0n) is 19.5. The lowest BCUT2D eigenvalue weighted by molar-refractivity contribution is -0.131. The summed E-state index contributed by atoms with van der Waals surface area (Å²) in [7, 11) is 1.63. The molecule has 2 saturated heterocycles. The van der Waals surface area contributed by atoms with Crippen molar-refractivity contribution in [3.05, 3.63) is 58.6 Å². The largest absolute Gasteiger partial charge is 0.497 e. The molecular weight excluding hydrogens is 454 g/mol. The van der Waals surface area contributed by atoms with Gasteiger partial charge in [-0.2, -0.15) is 0 Å². The lowest BCUT2D eigenvalue weighted by Crippen LogP contribution is -2.38. The topological polar surface area (TPSA) is 70.2 Å². The predicted octanol–water partition coefficient (Wildman–Crippen LogP) is 3.78. The van der Waals surface area contributed by atoms with Gasteiger partial charge in [-0.25, -0.2) is 0 Å². The lowest BCUT2D eigenvalue weighted by Gasteiger charge is -2.25. The van der Waals surface area contributed by atoms with Crippen LogP contribution in [0.3, 0.4) is 0 Å². The molecule has 0 aromatic heterocycles. The molecule has 2 fully saturated rings. The van der Waals surface area contributed by atoms with Crippen LogP contribution in [0.5, 0.6) is 5.75 Å². The van der Waals surface area contributed by atoms with Crippen molar-refractivity contribution in [1.29, 1.82) is 0 Å². The van der Waals surface area contributed by atoms with Crippen molar-refractivity contribution in [1.82, 2.24) is 9.80 Å². The summed E-state index contributed by atoms with van der Waals surface area (Å²) in [4.78, 5) is 43.9. The van der Waals surface area contributed by atoms with Crippen molar-refractivity contribution in [2.75, 3.05) is 44.7 Å². The Morgan fingerprint density at radius 1 is 0.941 bits per heavy atom. The van der Waals surface area contributed by atoms with Crippen molar-refractivity contribution in [3.8, 4) is 5.75 Å². The maximum absolute atomic E-state index is 13.4. The van der Waals surface area contributed by atoms with Crippen LogP contribution in [-0.2, 0) is 16.0 Å². The van der Waals surface area contributed by atoms with Crippen LogP contribution in [0.25, 0.3) is 0 Å². The molecule has 2 aromatic carbocycles. The number of anilines is 1. The second-order valence-corrected chi connectivity index (χ2v) is 9.12. The number of ether oxygens (including phenoxy) is 1. The first kappa shape index (κ1) is 24.1. The molecule has 0 unspecified atom stereocenters. The number of amides is 3. The summed E-state index contributed by atoms with van der Waals surface area (Å²) < 4.78 is 5.18. The van der Waals surface area contributed by atoms with Crippen molar-refractivity contribution in [2.24, 2.45) is 0 Å². The SMILES string of the molecule is COc1ccc(CCC(=O)N2CCCN(C(=O)c3ccc(Cl)cc3N3CCCC3=O)CC2)cc1. The molecule has 3 amide bonds. The first-order valence-electron chi connectivity index (χ1n) is 11.8. The molecule has 0 spiro atoms. The number of aryl methyl sites for hydroxylation is 1. The van der Waals surface area contributed by atoms with Gasteiger partial charge in [-0.3, -0.25) is 14.4 Å². The number of methoxy groups -OCH3 is 1. The third-order valence-electron chi connectivity index (χ3n) is 6.48. The van der Waals surface area contributed by atoms with Gasteiger partial charge < -0.3 is 19.4 Å². The number of rotatable bonds is 6. The third-order valence-corrected chi connectivity index (χ3v) is 6.71. The Bertz CT molecular complexity index is 1060. The van der Waals surface area contributed by atoms with Gasteiger partial charge in [0, 0.05) is 50.6 Å². The highest BCUT2D eigenvalue weighted by molar-refractivity contribution is 6.31. The van der Waals surface area contributed by atoms with Gasteiger partial charge in [-0.05, 0) is 55.2 Å². The molecule has 0 saturated carbocycles. The molecule has 0 N–H and O–H groups in total. The summed E-state index contributed by atoms with van der Waals surface area (Å²) in [6.07, 6.45) is 3.07. The third kappa shape index (κ3) is 5.53. The van der Waals surface area contributed by atoms with E-state index in [9.17, 15) is 14.4 Å². The smallest absolute Gasteiger partial charge is 0.256 e. The van der Waals surface area contributed by atoms with Crippen LogP contribution >= 0.6 is 11.6 Å². The first-order chi connectivity index (χ1) is 16.5. The maximum atomic E-state index is 13.4. The van der Waals surface area contributed by atoms with E-state index in [1.807, 2.05) is 29.2 Å². The van der Waals surface area contributed by atoms with Gasteiger partial charge in [0.1, 0.15) is 5.75 Å². The normalized spacial score (nSPS) is 16.5. The molecule has 8 heteroatoms. The Labute approximate surface area is 205 Å². The summed E-state index contributed by atoms with van der Waals surface area (Å²) >= 11 is 6.19. The first-order valence-corrected chi connectivity index (χ1v) is 12.1. The highest BCUT2D eigenvalue weighted by Crippen LogP contribution is 2.30. The number of benzene rings is 2. The van der Waals surface area contributed by atoms with Crippen LogP contribution in [-0.4, -0.2) is 67.4 Å². The van der Waals surface area contributed by atoms with Crippen molar-refractivity contribution < 1.29 is 19.1 Å². The van der Waals surface area contributed by atoms with Crippen molar-refractivity contribution >= 4 is 35.0 Å². The Hall–Kier alpha value is -3.06. The van der Waals surface area contributed by atoms with Crippen LogP contribution in [0.1, 0.15) is 41.6 Å². The average Bonchev–Trinajstić information content (AvgIpc) is 3.12. The standard InChI is InChI=1S/C26H30ClN3O4/c1-34-21-9-5-19(6-10-21)7-12-24(31)28-13-3-14-29(17-16-28)26(33)22-11-8-20(27)18-23(22)30-15-2-4-25(30)32/h5-6,8-11,18H,2-4,7,12-17H2,1H3. The lowest BCUT2D eigenvalue weighted by atomic mass is 10.1. The second-order valence-electron chi connectivity index (χ2n) is 8.69. The second kappa shape index (κ2) is 10.9. The summed E-state index contributed by atoms with van der Waals surface area (Å²) in [6.45, 7) is 2.75. The van der Waals surface area contributed by atoms with E-state index in [0.29, 0.717) is 74.7 Å². The fourth-order valence-electron chi connectivity index (χ4n) is 4.55. The Balaban J connectivity index is 1.38. The molecule has 0 aliphatic carbocycles. The minimum Gasteiger partial charge on any atom is -0.497 e. The summed E-state index contributed by atoms with van der Waals surface area (Å²) in [5, 5.41) is 0.496. The molecule has 0 atom stereocenters. The van der Waals surface area contributed by atoms with Gasteiger partial charge in [0.25, 0.3) is 5.91 Å². The zero-order valence-corrected chi connectivity index (χ0v) is 20.2. The van der Waals surface area contributed by atoms with Crippen LogP contribution in [0.15, 0.2) is 42.5 Å². The minimum absolute atomic E-state index is 0.0146. The highest BCUT2D eigenvalue weighted by atomic mass is 35.5. The maximum Gasteiger partial charge on any atom is 0.256 e. The molecule has 180 valence electrons. The van der Waals surface area contributed by atoms with Gasteiger partial charge in [0.15, 0.2) is 0 Å². The van der Waals surface area contributed by atoms with Crippen LogP contribution < -0.4 is 9.64 Å². The molecule has 0 radical (unpaired) electrons. The van der Waals surface area contributed by atoms with Crippen molar-refractivity contribution in [3.63, 3.8) is 0 Å². The molecule has 2 aliphatic rings. The number of carbonyl (C=O) groups excluding carboxylic acids is 3. The quantitative estimate of drug-likeness (QED) is 0.627. The summed E-state index contributed by atoms with van der Waals surface area (Å²) in [5.74, 6) is 0.782. The van der Waals surface area contributed by atoms with Gasteiger partial charge in [-0.1, -0.05) is 23.7 Å². The van der Waals surface area contributed by atoms with E-state index in [1.165, 1.54) is 0 Å². The van der Waals surface area contributed by atoms with E-state index >= 15 is 0 Å². The Kier molecular flexibility index (Phi) is 7.73. The molecule has 0 bridgehead atoms. The zero-order chi connectivity index (χ0) is 24.1. The highest BCUT2D eigenvalue weighted by Gasteiger charge is 2.29. The van der Waals surface area contributed by atoms with E-state index in [1.54, 1.807) is 35.1 Å². The molecule has 7 nitrogen and oxygen atoms in total. The fraction of sp³-hybridized carbons (Fsp3) is 0.423. The number of hydrogen-bond acceptors (Lipinski definition) is 4. The Morgan fingerprint density at radius 3 is 2.38 bits per heavy atom. The molecule has 34 heavy (non-hydrogen) atoms. The van der Waals surface area contributed by atoms with Crippen LogP contribution in [0.2, 0.25) is 5.02 Å². The van der Waals surface area contributed by atoms with Gasteiger partial charge in [-0.15, -0.1) is 0 Å². The number of nitrogens with zero attached hydrogens (tertiary/aromatic N) is 3.